The van der Waals surface area contributed by atoms with E-state index in [2.05, 4.69) is 11.9 Å². The summed E-state index contributed by atoms with van der Waals surface area (Å²) in [6, 6.07) is 9.44. The van der Waals surface area contributed by atoms with Crippen LogP contribution in [0.1, 0.15) is 49.4 Å². The van der Waals surface area contributed by atoms with Gasteiger partial charge in [0.1, 0.15) is 5.54 Å². The first kappa shape index (κ1) is 17.0. The number of nitrogens with zero attached hydrogens (tertiary/aromatic N) is 3. The van der Waals surface area contributed by atoms with Gasteiger partial charge in [0.15, 0.2) is 0 Å². The number of hydrogen-bond donors (Lipinski definition) is 0. The molecule has 0 aliphatic carbocycles. The van der Waals surface area contributed by atoms with Crippen molar-refractivity contribution in [2.75, 3.05) is 19.6 Å². The number of aromatic nitrogens is 1. The first-order chi connectivity index (χ1) is 12.7. The van der Waals surface area contributed by atoms with Crippen molar-refractivity contribution in [1.82, 2.24) is 14.8 Å². The zero-order chi connectivity index (χ0) is 18.1. The van der Waals surface area contributed by atoms with E-state index < -0.39 is 5.54 Å². The predicted octanol–water partition coefficient (Wildman–Crippen LogP) is 3.24. The van der Waals surface area contributed by atoms with Crippen LogP contribution in [-0.4, -0.2) is 51.8 Å². The van der Waals surface area contributed by atoms with Crippen molar-refractivity contribution < 1.29 is 9.59 Å². The van der Waals surface area contributed by atoms with E-state index >= 15 is 0 Å². The highest BCUT2D eigenvalue weighted by molar-refractivity contribution is 6.08. The number of hydrogen-bond acceptors (Lipinski definition) is 3. The van der Waals surface area contributed by atoms with Crippen LogP contribution < -0.4 is 0 Å². The third kappa shape index (κ3) is 2.57. The number of piperidine rings is 1. The van der Waals surface area contributed by atoms with Gasteiger partial charge in [-0.1, -0.05) is 19.1 Å². The maximum Gasteiger partial charge on any atom is 0.255 e. The van der Waals surface area contributed by atoms with Crippen molar-refractivity contribution >= 4 is 22.7 Å². The molecule has 0 N–H and O–H groups in total. The molecule has 1 atom stereocenters. The van der Waals surface area contributed by atoms with E-state index in [0.717, 1.165) is 56.1 Å². The second-order valence-electron chi connectivity index (χ2n) is 7.36. The van der Waals surface area contributed by atoms with Gasteiger partial charge in [-0.05, 0) is 50.3 Å². The van der Waals surface area contributed by atoms with E-state index in [-0.39, 0.29) is 11.8 Å². The van der Waals surface area contributed by atoms with Gasteiger partial charge in [-0.3, -0.25) is 14.6 Å². The standard InChI is InChI=1S/C21H25N3O2/c1-2-13-23-14-5-10-21(20(23)26)11-6-15-24(21)19(25)17-7-3-9-18-16(17)8-4-12-22-18/h3-4,7-9,12H,2,5-6,10-11,13-15H2,1H3. The van der Waals surface area contributed by atoms with E-state index in [1.54, 1.807) is 6.20 Å². The van der Waals surface area contributed by atoms with Crippen LogP contribution in [0.3, 0.4) is 0 Å². The van der Waals surface area contributed by atoms with E-state index in [4.69, 9.17) is 0 Å². The molecule has 4 rings (SSSR count). The molecule has 5 heteroatoms. The van der Waals surface area contributed by atoms with Crippen molar-refractivity contribution in [3.63, 3.8) is 0 Å². The van der Waals surface area contributed by atoms with Crippen LogP contribution in [0.15, 0.2) is 36.5 Å². The van der Waals surface area contributed by atoms with Crippen LogP contribution in [0.2, 0.25) is 0 Å². The maximum atomic E-state index is 13.5. The topological polar surface area (TPSA) is 53.5 Å². The number of carbonyl (C=O) groups is 2. The molecule has 0 bridgehead atoms. The van der Waals surface area contributed by atoms with E-state index in [0.29, 0.717) is 12.1 Å². The molecule has 2 aromatic rings. The molecule has 1 aromatic carbocycles. The lowest BCUT2D eigenvalue weighted by Gasteiger charge is -2.44. The molecular formula is C21H25N3O2. The lowest BCUT2D eigenvalue weighted by molar-refractivity contribution is -0.145. The Kier molecular flexibility index (Phi) is 4.39. The highest BCUT2D eigenvalue weighted by atomic mass is 16.2. The average Bonchev–Trinajstić information content (AvgIpc) is 3.09. The molecule has 136 valence electrons. The summed E-state index contributed by atoms with van der Waals surface area (Å²) in [6.07, 6.45) is 6.10. The Bertz CT molecular complexity index is 843. The fourth-order valence-electron chi connectivity index (χ4n) is 4.64. The number of rotatable bonds is 3. The molecule has 5 nitrogen and oxygen atoms in total. The van der Waals surface area contributed by atoms with Gasteiger partial charge in [0, 0.05) is 36.8 Å². The van der Waals surface area contributed by atoms with Gasteiger partial charge in [0.2, 0.25) is 5.91 Å². The monoisotopic (exact) mass is 351 g/mol. The van der Waals surface area contributed by atoms with Crippen molar-refractivity contribution in [3.8, 4) is 0 Å². The van der Waals surface area contributed by atoms with Crippen molar-refractivity contribution in [2.24, 2.45) is 0 Å². The first-order valence-corrected chi connectivity index (χ1v) is 9.62. The van der Waals surface area contributed by atoms with Crippen LogP contribution in [-0.2, 0) is 4.79 Å². The van der Waals surface area contributed by atoms with Gasteiger partial charge in [-0.15, -0.1) is 0 Å². The number of fused-ring (bicyclic) bond motifs is 1. The smallest absolute Gasteiger partial charge is 0.255 e. The summed E-state index contributed by atoms with van der Waals surface area (Å²) in [6.45, 7) is 4.34. The molecule has 1 spiro atoms. The molecule has 1 aromatic heterocycles. The largest absolute Gasteiger partial charge is 0.341 e. The highest BCUT2D eigenvalue weighted by Crippen LogP contribution is 2.39. The Morgan fingerprint density at radius 2 is 1.96 bits per heavy atom. The van der Waals surface area contributed by atoms with Crippen LogP contribution in [0.25, 0.3) is 10.9 Å². The highest BCUT2D eigenvalue weighted by Gasteiger charge is 2.52. The van der Waals surface area contributed by atoms with Gasteiger partial charge < -0.3 is 9.80 Å². The predicted molar refractivity (Wildman–Crippen MR) is 101 cm³/mol. The third-order valence-corrected chi connectivity index (χ3v) is 5.81. The van der Waals surface area contributed by atoms with E-state index in [9.17, 15) is 9.59 Å². The SMILES string of the molecule is CCCN1CCCC2(CCCN2C(=O)c2cccc3ncccc23)C1=O. The minimum Gasteiger partial charge on any atom is -0.341 e. The molecule has 0 radical (unpaired) electrons. The van der Waals surface area contributed by atoms with Crippen molar-refractivity contribution in [3.05, 3.63) is 42.1 Å². The minimum atomic E-state index is -0.644. The quantitative estimate of drug-likeness (QED) is 0.853. The number of amides is 2. The lowest BCUT2D eigenvalue weighted by Crippen LogP contribution is -2.61. The second-order valence-corrected chi connectivity index (χ2v) is 7.36. The first-order valence-electron chi connectivity index (χ1n) is 9.62. The summed E-state index contributed by atoms with van der Waals surface area (Å²) in [4.78, 5) is 34.9. The van der Waals surface area contributed by atoms with E-state index in [1.165, 1.54) is 0 Å². The second kappa shape index (κ2) is 6.71. The van der Waals surface area contributed by atoms with Crippen LogP contribution in [0.4, 0.5) is 0 Å². The molecule has 2 aliphatic rings. The average molecular weight is 351 g/mol. The summed E-state index contributed by atoms with van der Waals surface area (Å²) in [5, 5.41) is 0.857. The minimum absolute atomic E-state index is 0.0344. The number of likely N-dealkylation sites (tertiary alicyclic amines) is 2. The molecule has 2 amide bonds. The van der Waals surface area contributed by atoms with E-state index in [1.807, 2.05) is 40.1 Å². The zero-order valence-electron chi connectivity index (χ0n) is 15.3. The Morgan fingerprint density at radius 3 is 2.77 bits per heavy atom. The molecule has 2 fully saturated rings. The molecule has 1 unspecified atom stereocenters. The van der Waals surface area contributed by atoms with Gasteiger partial charge in [-0.2, -0.15) is 0 Å². The molecule has 26 heavy (non-hydrogen) atoms. The molecule has 3 heterocycles. The Morgan fingerprint density at radius 1 is 1.15 bits per heavy atom. The normalized spacial score (nSPS) is 23.2. The number of pyridine rings is 1. The lowest BCUT2D eigenvalue weighted by atomic mass is 9.84. The van der Waals surface area contributed by atoms with Crippen molar-refractivity contribution in [2.45, 2.75) is 44.6 Å². The fourth-order valence-corrected chi connectivity index (χ4v) is 4.64. The van der Waals surface area contributed by atoms with Gasteiger partial charge in [0.25, 0.3) is 5.91 Å². The van der Waals surface area contributed by atoms with Crippen LogP contribution >= 0.6 is 0 Å². The molecule has 0 saturated carbocycles. The molecule has 2 saturated heterocycles. The Hall–Kier alpha value is -2.43. The summed E-state index contributed by atoms with van der Waals surface area (Å²) in [7, 11) is 0. The summed E-state index contributed by atoms with van der Waals surface area (Å²) >= 11 is 0. The summed E-state index contributed by atoms with van der Waals surface area (Å²) in [5.74, 6) is 0.114. The Labute approximate surface area is 154 Å². The molecule has 2 aliphatic heterocycles. The third-order valence-electron chi connectivity index (χ3n) is 5.81. The summed E-state index contributed by atoms with van der Waals surface area (Å²) < 4.78 is 0. The van der Waals surface area contributed by atoms with Gasteiger partial charge in [-0.25, -0.2) is 0 Å². The van der Waals surface area contributed by atoms with Crippen molar-refractivity contribution in [1.29, 1.82) is 0 Å². The van der Waals surface area contributed by atoms with Gasteiger partial charge in [0.05, 0.1) is 5.52 Å². The maximum absolute atomic E-state index is 13.5. The van der Waals surface area contributed by atoms with Crippen LogP contribution in [0.5, 0.6) is 0 Å². The van der Waals surface area contributed by atoms with Gasteiger partial charge >= 0.3 is 0 Å². The zero-order valence-corrected chi connectivity index (χ0v) is 15.3. The number of carbonyl (C=O) groups excluding carboxylic acids is 2. The molecular weight excluding hydrogens is 326 g/mol. The fraction of sp³-hybridized carbons (Fsp3) is 0.476. The van der Waals surface area contributed by atoms with Crippen LogP contribution in [0, 0.1) is 0 Å². The summed E-state index contributed by atoms with van der Waals surface area (Å²) in [5.41, 5.74) is 0.820. The number of benzene rings is 1. The Balaban J connectivity index is 1.72.